The molecule has 0 bridgehead atoms. The van der Waals surface area contributed by atoms with Crippen LogP contribution in [0.2, 0.25) is 0 Å². The Hall–Kier alpha value is -2.01. The predicted octanol–water partition coefficient (Wildman–Crippen LogP) is 0.861. The molecule has 0 fully saturated rings. The molecule has 1 aromatic heterocycles. The van der Waals surface area contributed by atoms with Crippen LogP contribution in [0.1, 0.15) is 17.3 Å². The number of anilines is 1. The van der Waals surface area contributed by atoms with E-state index in [-0.39, 0.29) is 12.5 Å². The predicted molar refractivity (Wildman–Crippen MR) is 66.7 cm³/mol. The van der Waals surface area contributed by atoms with Crippen molar-refractivity contribution >= 4 is 22.5 Å². The smallest absolute Gasteiger partial charge is 0.253 e. The first kappa shape index (κ1) is 11.5. The number of amides is 1. The Morgan fingerprint density at radius 3 is 3.06 bits per heavy atom. The average Bonchev–Trinajstić information content (AvgIpc) is 2.68. The molecule has 0 spiro atoms. The van der Waals surface area contributed by atoms with Gasteiger partial charge in [-0.1, -0.05) is 0 Å². The van der Waals surface area contributed by atoms with Crippen molar-refractivity contribution in [1.82, 2.24) is 10.3 Å². The van der Waals surface area contributed by atoms with E-state index >= 15 is 0 Å². The summed E-state index contributed by atoms with van der Waals surface area (Å²) < 4.78 is 0. The van der Waals surface area contributed by atoms with E-state index in [2.05, 4.69) is 10.3 Å². The summed E-state index contributed by atoms with van der Waals surface area (Å²) >= 11 is 0. The summed E-state index contributed by atoms with van der Waals surface area (Å²) in [5, 5.41) is 12.5. The molecule has 1 aromatic carbocycles. The summed E-state index contributed by atoms with van der Waals surface area (Å²) in [5.41, 5.74) is 7.70. The Bertz CT molecular complexity index is 546. The van der Waals surface area contributed by atoms with Crippen LogP contribution in [0.4, 0.5) is 5.69 Å². The van der Waals surface area contributed by atoms with Gasteiger partial charge in [0.2, 0.25) is 0 Å². The van der Waals surface area contributed by atoms with Crippen LogP contribution in [0, 0.1) is 0 Å². The number of nitrogens with two attached hydrogens (primary N) is 1. The molecule has 0 saturated heterocycles. The van der Waals surface area contributed by atoms with Gasteiger partial charge in [-0.15, -0.1) is 0 Å². The van der Waals surface area contributed by atoms with E-state index in [1.807, 2.05) is 6.07 Å². The highest BCUT2D eigenvalue weighted by molar-refractivity contribution is 6.07. The van der Waals surface area contributed by atoms with Crippen molar-refractivity contribution < 1.29 is 9.90 Å². The highest BCUT2D eigenvalue weighted by atomic mass is 16.3. The van der Waals surface area contributed by atoms with Crippen LogP contribution < -0.4 is 11.1 Å². The number of aliphatic hydroxyl groups excluding tert-OH is 1. The molecular formula is C12H15N3O2. The number of H-pyrrole nitrogens is 1. The number of fused-ring (bicyclic) bond motifs is 1. The lowest BCUT2D eigenvalue weighted by Gasteiger charge is -2.06. The number of aliphatic hydroxyl groups is 1. The first-order valence-corrected chi connectivity index (χ1v) is 5.41. The maximum absolute atomic E-state index is 11.9. The van der Waals surface area contributed by atoms with Crippen LogP contribution in [0.25, 0.3) is 10.9 Å². The molecule has 1 atom stereocenters. The Morgan fingerprint density at radius 1 is 1.59 bits per heavy atom. The number of carbonyl (C=O) groups excluding carboxylic acids is 1. The quantitative estimate of drug-likeness (QED) is 0.592. The van der Waals surface area contributed by atoms with E-state index in [0.717, 1.165) is 10.9 Å². The van der Waals surface area contributed by atoms with Crippen LogP contribution in [-0.4, -0.2) is 28.6 Å². The van der Waals surface area contributed by atoms with Gasteiger partial charge in [0.25, 0.3) is 5.91 Å². The Labute approximate surface area is 98.6 Å². The number of carbonyl (C=O) groups is 1. The molecule has 2 aromatic rings. The summed E-state index contributed by atoms with van der Waals surface area (Å²) in [6, 6.07) is 5.36. The normalized spacial score (nSPS) is 12.6. The monoisotopic (exact) mass is 233 g/mol. The fraction of sp³-hybridized carbons (Fsp3) is 0.250. The Kier molecular flexibility index (Phi) is 3.01. The summed E-state index contributed by atoms with van der Waals surface area (Å²) in [7, 11) is 0. The maximum Gasteiger partial charge on any atom is 0.253 e. The molecule has 0 radical (unpaired) electrons. The molecule has 5 nitrogen and oxygen atoms in total. The molecule has 1 heterocycles. The number of aromatic nitrogens is 1. The van der Waals surface area contributed by atoms with Crippen molar-refractivity contribution in [3.63, 3.8) is 0 Å². The molecule has 1 amide bonds. The second-order valence-corrected chi connectivity index (χ2v) is 4.07. The Morgan fingerprint density at radius 2 is 2.35 bits per heavy atom. The minimum Gasteiger partial charge on any atom is -0.399 e. The molecule has 90 valence electrons. The standard InChI is InChI=1S/C12H15N3O2/c1-7(16)5-15-12(17)10-6-14-11-3-2-8(13)4-9(10)11/h2-4,6-7,14,16H,5,13H2,1H3,(H,15,17). The van der Waals surface area contributed by atoms with E-state index < -0.39 is 6.10 Å². The van der Waals surface area contributed by atoms with Crippen molar-refractivity contribution in [2.45, 2.75) is 13.0 Å². The first-order chi connectivity index (χ1) is 8.08. The molecule has 2 rings (SSSR count). The molecule has 0 aliphatic heterocycles. The largest absolute Gasteiger partial charge is 0.399 e. The van der Waals surface area contributed by atoms with Crippen LogP contribution in [0.3, 0.4) is 0 Å². The Balaban J connectivity index is 2.29. The number of hydrogen-bond acceptors (Lipinski definition) is 3. The molecule has 0 saturated carbocycles. The van der Waals surface area contributed by atoms with Crippen LogP contribution >= 0.6 is 0 Å². The minimum atomic E-state index is -0.561. The maximum atomic E-state index is 11.9. The number of aromatic amines is 1. The SMILES string of the molecule is CC(O)CNC(=O)c1c[nH]c2ccc(N)cc12. The van der Waals surface area contributed by atoms with Crippen LogP contribution in [0.15, 0.2) is 24.4 Å². The van der Waals surface area contributed by atoms with E-state index in [1.165, 1.54) is 0 Å². The zero-order valence-corrected chi connectivity index (χ0v) is 9.53. The summed E-state index contributed by atoms with van der Waals surface area (Å²) in [6.07, 6.45) is 1.08. The number of benzene rings is 1. The molecule has 17 heavy (non-hydrogen) atoms. The second-order valence-electron chi connectivity index (χ2n) is 4.07. The zero-order valence-electron chi connectivity index (χ0n) is 9.53. The van der Waals surface area contributed by atoms with Gasteiger partial charge in [-0.05, 0) is 25.1 Å². The van der Waals surface area contributed by atoms with E-state index in [9.17, 15) is 4.79 Å². The first-order valence-electron chi connectivity index (χ1n) is 5.41. The molecule has 0 aliphatic rings. The van der Waals surface area contributed by atoms with Crippen molar-refractivity contribution in [3.8, 4) is 0 Å². The van der Waals surface area contributed by atoms with Crippen LogP contribution in [0.5, 0.6) is 0 Å². The van der Waals surface area contributed by atoms with E-state index in [1.54, 1.807) is 25.3 Å². The molecule has 0 aliphatic carbocycles. The third-order valence-corrected chi connectivity index (χ3v) is 2.51. The number of nitrogens with one attached hydrogen (secondary N) is 2. The lowest BCUT2D eigenvalue weighted by atomic mass is 10.1. The summed E-state index contributed by atoms with van der Waals surface area (Å²) in [4.78, 5) is 14.9. The average molecular weight is 233 g/mol. The molecule has 5 N–H and O–H groups in total. The summed E-state index contributed by atoms with van der Waals surface area (Å²) in [5.74, 6) is -0.220. The topological polar surface area (TPSA) is 91.1 Å². The van der Waals surface area contributed by atoms with Gasteiger partial charge in [-0.2, -0.15) is 0 Å². The highest BCUT2D eigenvalue weighted by Gasteiger charge is 2.12. The number of hydrogen-bond donors (Lipinski definition) is 4. The fourth-order valence-corrected chi connectivity index (χ4v) is 1.66. The van der Waals surface area contributed by atoms with Gasteiger partial charge in [0.15, 0.2) is 0 Å². The lowest BCUT2D eigenvalue weighted by molar-refractivity contribution is 0.0925. The van der Waals surface area contributed by atoms with Gasteiger partial charge in [0.05, 0.1) is 11.7 Å². The van der Waals surface area contributed by atoms with Crippen molar-refractivity contribution in [1.29, 1.82) is 0 Å². The molecule has 5 heteroatoms. The van der Waals surface area contributed by atoms with Gasteiger partial charge in [0.1, 0.15) is 0 Å². The molecule has 1 unspecified atom stereocenters. The van der Waals surface area contributed by atoms with Crippen molar-refractivity contribution in [2.75, 3.05) is 12.3 Å². The van der Waals surface area contributed by atoms with Crippen LogP contribution in [-0.2, 0) is 0 Å². The fourth-order valence-electron chi connectivity index (χ4n) is 1.66. The van der Waals surface area contributed by atoms with Gasteiger partial charge < -0.3 is 21.1 Å². The second kappa shape index (κ2) is 4.47. The van der Waals surface area contributed by atoms with Crippen molar-refractivity contribution in [2.24, 2.45) is 0 Å². The number of rotatable bonds is 3. The number of nitrogen functional groups attached to an aromatic ring is 1. The van der Waals surface area contributed by atoms with E-state index in [4.69, 9.17) is 10.8 Å². The lowest BCUT2D eigenvalue weighted by Crippen LogP contribution is -2.30. The van der Waals surface area contributed by atoms with E-state index in [0.29, 0.717) is 11.3 Å². The third kappa shape index (κ3) is 2.39. The van der Waals surface area contributed by atoms with Gasteiger partial charge >= 0.3 is 0 Å². The van der Waals surface area contributed by atoms with Gasteiger partial charge in [-0.3, -0.25) is 4.79 Å². The van der Waals surface area contributed by atoms with Gasteiger partial charge in [0, 0.05) is 29.3 Å². The highest BCUT2D eigenvalue weighted by Crippen LogP contribution is 2.20. The minimum absolute atomic E-state index is 0.220. The molecular weight excluding hydrogens is 218 g/mol. The summed E-state index contributed by atoms with van der Waals surface area (Å²) in [6.45, 7) is 1.85. The van der Waals surface area contributed by atoms with Gasteiger partial charge in [-0.25, -0.2) is 0 Å². The third-order valence-electron chi connectivity index (χ3n) is 2.51. The van der Waals surface area contributed by atoms with Crippen molar-refractivity contribution in [3.05, 3.63) is 30.0 Å². The zero-order chi connectivity index (χ0) is 12.4.